The first-order valence-corrected chi connectivity index (χ1v) is 6.94. The third-order valence-corrected chi connectivity index (χ3v) is 3.97. The standard InChI is InChI=1S/C15H23N3O/c1-12-4-3-7-15(16,10-12)14(19)18(2)11-13-5-8-17-9-6-13/h5-6,8-9,12H,3-4,7,10-11,16H2,1-2H3. The number of carbonyl (C=O) groups excluding carboxylic acids is 1. The van der Waals surface area contributed by atoms with Gasteiger partial charge in [0.1, 0.15) is 0 Å². The number of amides is 1. The monoisotopic (exact) mass is 261 g/mol. The quantitative estimate of drug-likeness (QED) is 0.904. The van der Waals surface area contributed by atoms with Gasteiger partial charge >= 0.3 is 0 Å². The van der Waals surface area contributed by atoms with E-state index in [-0.39, 0.29) is 5.91 Å². The fourth-order valence-electron chi connectivity index (χ4n) is 3.00. The van der Waals surface area contributed by atoms with Crippen LogP contribution in [0.25, 0.3) is 0 Å². The summed E-state index contributed by atoms with van der Waals surface area (Å²) in [5, 5.41) is 0. The molecule has 2 rings (SSSR count). The second-order valence-electron chi connectivity index (χ2n) is 5.87. The first kappa shape index (κ1) is 14.0. The molecule has 104 valence electrons. The smallest absolute Gasteiger partial charge is 0.242 e. The molecule has 0 saturated heterocycles. The van der Waals surface area contributed by atoms with Crippen LogP contribution in [0.4, 0.5) is 0 Å². The zero-order valence-electron chi connectivity index (χ0n) is 11.8. The number of hydrogen-bond acceptors (Lipinski definition) is 3. The number of nitrogens with zero attached hydrogens (tertiary/aromatic N) is 2. The zero-order chi connectivity index (χ0) is 13.9. The van der Waals surface area contributed by atoms with Gasteiger partial charge in [-0.25, -0.2) is 0 Å². The molecule has 2 atom stereocenters. The molecule has 1 heterocycles. The molecule has 1 aliphatic rings. The van der Waals surface area contributed by atoms with Gasteiger partial charge in [0, 0.05) is 26.0 Å². The summed E-state index contributed by atoms with van der Waals surface area (Å²) in [5.74, 6) is 0.605. The van der Waals surface area contributed by atoms with Crippen LogP contribution in [-0.4, -0.2) is 28.4 Å². The highest BCUT2D eigenvalue weighted by Gasteiger charge is 2.39. The third kappa shape index (κ3) is 3.32. The Labute approximate surface area is 115 Å². The second kappa shape index (κ2) is 5.70. The Kier molecular flexibility index (Phi) is 4.20. The highest BCUT2D eigenvalue weighted by atomic mass is 16.2. The van der Waals surface area contributed by atoms with Crippen molar-refractivity contribution < 1.29 is 4.79 Å². The maximum absolute atomic E-state index is 12.6. The Hall–Kier alpha value is -1.42. The van der Waals surface area contributed by atoms with Crippen molar-refractivity contribution in [1.29, 1.82) is 0 Å². The van der Waals surface area contributed by atoms with Crippen LogP contribution in [0.5, 0.6) is 0 Å². The molecule has 0 bridgehead atoms. The average molecular weight is 261 g/mol. The summed E-state index contributed by atoms with van der Waals surface area (Å²) < 4.78 is 0. The lowest BCUT2D eigenvalue weighted by atomic mass is 9.76. The topological polar surface area (TPSA) is 59.2 Å². The van der Waals surface area contributed by atoms with Crippen molar-refractivity contribution in [3.8, 4) is 0 Å². The third-order valence-electron chi connectivity index (χ3n) is 3.97. The summed E-state index contributed by atoms with van der Waals surface area (Å²) in [6, 6.07) is 3.85. The molecular formula is C15H23N3O. The van der Waals surface area contributed by atoms with E-state index in [4.69, 9.17) is 5.73 Å². The fraction of sp³-hybridized carbons (Fsp3) is 0.600. The molecule has 0 spiro atoms. The molecule has 1 amide bonds. The van der Waals surface area contributed by atoms with Crippen molar-refractivity contribution in [3.63, 3.8) is 0 Å². The highest BCUT2D eigenvalue weighted by Crippen LogP contribution is 2.31. The van der Waals surface area contributed by atoms with E-state index in [2.05, 4.69) is 11.9 Å². The molecule has 19 heavy (non-hydrogen) atoms. The van der Waals surface area contributed by atoms with Crippen LogP contribution in [0, 0.1) is 5.92 Å². The molecule has 4 nitrogen and oxygen atoms in total. The average Bonchev–Trinajstić information content (AvgIpc) is 2.38. The SMILES string of the molecule is CC1CCCC(N)(C(=O)N(C)Cc2ccncc2)C1. The van der Waals surface area contributed by atoms with Crippen molar-refractivity contribution >= 4 is 5.91 Å². The second-order valence-corrected chi connectivity index (χ2v) is 5.87. The summed E-state index contributed by atoms with van der Waals surface area (Å²) in [6.45, 7) is 2.77. The molecule has 0 aromatic carbocycles. The molecule has 1 aromatic heterocycles. The Balaban J connectivity index is 2.02. The van der Waals surface area contributed by atoms with Crippen LogP contribution in [0.2, 0.25) is 0 Å². The lowest BCUT2D eigenvalue weighted by molar-refractivity contribution is -0.138. The minimum absolute atomic E-state index is 0.0656. The summed E-state index contributed by atoms with van der Waals surface area (Å²) in [7, 11) is 1.83. The first-order chi connectivity index (χ1) is 9.01. The Bertz CT molecular complexity index is 434. The minimum Gasteiger partial charge on any atom is -0.340 e. The maximum atomic E-state index is 12.6. The first-order valence-electron chi connectivity index (χ1n) is 6.94. The number of aromatic nitrogens is 1. The molecule has 0 radical (unpaired) electrons. The summed E-state index contributed by atoms with van der Waals surface area (Å²) in [6.07, 6.45) is 7.32. The highest BCUT2D eigenvalue weighted by molar-refractivity contribution is 5.86. The minimum atomic E-state index is -0.667. The van der Waals surface area contributed by atoms with Gasteiger partial charge in [-0.05, 0) is 36.5 Å². The molecule has 1 aromatic rings. The lowest BCUT2D eigenvalue weighted by Gasteiger charge is -2.38. The van der Waals surface area contributed by atoms with E-state index in [1.54, 1.807) is 17.3 Å². The predicted octanol–water partition coefficient (Wildman–Crippen LogP) is 1.95. The van der Waals surface area contributed by atoms with Gasteiger partial charge in [0.05, 0.1) is 5.54 Å². The van der Waals surface area contributed by atoms with Crippen LogP contribution < -0.4 is 5.73 Å². The van der Waals surface area contributed by atoms with Crippen LogP contribution in [0.3, 0.4) is 0 Å². The van der Waals surface area contributed by atoms with Crippen molar-refractivity contribution in [1.82, 2.24) is 9.88 Å². The van der Waals surface area contributed by atoms with Crippen LogP contribution >= 0.6 is 0 Å². The van der Waals surface area contributed by atoms with E-state index in [1.165, 1.54) is 6.42 Å². The van der Waals surface area contributed by atoms with Gasteiger partial charge in [-0.15, -0.1) is 0 Å². The normalized spacial score (nSPS) is 27.0. The van der Waals surface area contributed by atoms with E-state index in [0.29, 0.717) is 12.5 Å². The van der Waals surface area contributed by atoms with Gasteiger partial charge in [0.15, 0.2) is 0 Å². The number of likely N-dealkylation sites (N-methyl/N-ethyl adjacent to an activating group) is 1. The summed E-state index contributed by atoms with van der Waals surface area (Å²) >= 11 is 0. The molecule has 0 aliphatic heterocycles. The van der Waals surface area contributed by atoms with Crippen LogP contribution in [0.1, 0.15) is 38.2 Å². The van der Waals surface area contributed by atoms with Gasteiger partial charge in [-0.1, -0.05) is 19.8 Å². The molecule has 2 N–H and O–H groups in total. The van der Waals surface area contributed by atoms with E-state index < -0.39 is 5.54 Å². The van der Waals surface area contributed by atoms with Gasteiger partial charge in [-0.3, -0.25) is 9.78 Å². The van der Waals surface area contributed by atoms with Crippen molar-refractivity contribution in [3.05, 3.63) is 30.1 Å². The molecule has 1 aliphatic carbocycles. The van der Waals surface area contributed by atoms with Gasteiger partial charge in [0.2, 0.25) is 5.91 Å². The summed E-state index contributed by atoms with van der Waals surface area (Å²) in [5.41, 5.74) is 6.76. The molecule has 4 heteroatoms. The maximum Gasteiger partial charge on any atom is 0.242 e. The molecule has 2 unspecified atom stereocenters. The number of rotatable bonds is 3. The van der Waals surface area contributed by atoms with E-state index in [0.717, 1.165) is 24.8 Å². The summed E-state index contributed by atoms with van der Waals surface area (Å²) in [4.78, 5) is 18.3. The molecule has 1 saturated carbocycles. The Morgan fingerprint density at radius 3 is 2.84 bits per heavy atom. The van der Waals surface area contributed by atoms with Crippen molar-refractivity contribution in [2.45, 2.75) is 44.7 Å². The van der Waals surface area contributed by atoms with E-state index >= 15 is 0 Å². The zero-order valence-corrected chi connectivity index (χ0v) is 11.8. The number of hydrogen-bond donors (Lipinski definition) is 1. The van der Waals surface area contributed by atoms with E-state index in [1.807, 2.05) is 19.2 Å². The number of pyridine rings is 1. The number of nitrogens with two attached hydrogens (primary N) is 1. The van der Waals surface area contributed by atoms with Gasteiger partial charge < -0.3 is 10.6 Å². The van der Waals surface area contributed by atoms with Crippen LogP contribution in [-0.2, 0) is 11.3 Å². The lowest BCUT2D eigenvalue weighted by Crippen LogP contribution is -2.56. The largest absolute Gasteiger partial charge is 0.340 e. The molecular weight excluding hydrogens is 238 g/mol. The molecule has 1 fully saturated rings. The fourth-order valence-corrected chi connectivity index (χ4v) is 3.00. The van der Waals surface area contributed by atoms with Gasteiger partial charge in [-0.2, -0.15) is 0 Å². The predicted molar refractivity (Wildman–Crippen MR) is 75.3 cm³/mol. The van der Waals surface area contributed by atoms with Crippen LogP contribution in [0.15, 0.2) is 24.5 Å². The van der Waals surface area contributed by atoms with E-state index in [9.17, 15) is 4.79 Å². The van der Waals surface area contributed by atoms with Crippen molar-refractivity contribution in [2.75, 3.05) is 7.05 Å². The Morgan fingerprint density at radius 2 is 2.21 bits per heavy atom. The van der Waals surface area contributed by atoms with Crippen molar-refractivity contribution in [2.24, 2.45) is 11.7 Å². The van der Waals surface area contributed by atoms with Gasteiger partial charge in [0.25, 0.3) is 0 Å². The Morgan fingerprint density at radius 1 is 1.53 bits per heavy atom. The number of carbonyl (C=O) groups is 1.